The second-order valence-corrected chi connectivity index (χ2v) is 5.39. The summed E-state index contributed by atoms with van der Waals surface area (Å²) in [6, 6.07) is 9.16. The zero-order valence-corrected chi connectivity index (χ0v) is 13.1. The molecule has 0 unspecified atom stereocenters. The van der Waals surface area contributed by atoms with Gasteiger partial charge in [0.2, 0.25) is 0 Å². The van der Waals surface area contributed by atoms with Gasteiger partial charge in [-0.15, -0.1) is 0 Å². The summed E-state index contributed by atoms with van der Waals surface area (Å²) in [5, 5.41) is 0. The van der Waals surface area contributed by atoms with Gasteiger partial charge in [-0.1, -0.05) is 26.0 Å². The second-order valence-electron chi connectivity index (χ2n) is 5.39. The largest absolute Gasteiger partial charge is 0.492 e. The molecule has 0 N–H and O–H groups in total. The minimum Gasteiger partial charge on any atom is -0.492 e. The lowest BCUT2D eigenvalue weighted by atomic mass is 10.1. The zero-order chi connectivity index (χ0) is 14.4. The van der Waals surface area contributed by atoms with Crippen molar-refractivity contribution in [2.75, 3.05) is 37.7 Å². The molecule has 0 aliphatic carbocycles. The van der Waals surface area contributed by atoms with E-state index in [4.69, 9.17) is 4.74 Å². The third-order valence-electron chi connectivity index (χ3n) is 4.28. The summed E-state index contributed by atoms with van der Waals surface area (Å²) in [7, 11) is 0. The first-order chi connectivity index (χ1) is 9.80. The van der Waals surface area contributed by atoms with E-state index < -0.39 is 0 Å². The number of hydrogen-bond acceptors (Lipinski definition) is 3. The molecule has 0 aromatic heterocycles. The summed E-state index contributed by atoms with van der Waals surface area (Å²) in [6.45, 7) is 11.9. The van der Waals surface area contributed by atoms with Crippen LogP contribution in [0.1, 0.15) is 33.6 Å². The van der Waals surface area contributed by atoms with Crippen molar-refractivity contribution in [2.24, 2.45) is 0 Å². The molecule has 2 rings (SSSR count). The number of para-hydroxylation sites is 2. The van der Waals surface area contributed by atoms with E-state index in [1.54, 1.807) is 0 Å². The first-order valence-electron chi connectivity index (χ1n) is 8.00. The first kappa shape index (κ1) is 15.2. The highest BCUT2D eigenvalue weighted by atomic mass is 16.5. The molecule has 0 amide bonds. The van der Waals surface area contributed by atoms with Crippen LogP contribution >= 0.6 is 0 Å². The fourth-order valence-electron chi connectivity index (χ4n) is 3.13. The molecular formula is C17H28N2O. The van der Waals surface area contributed by atoms with E-state index in [9.17, 15) is 0 Å². The summed E-state index contributed by atoms with van der Waals surface area (Å²) in [5.41, 5.74) is 1.25. The highest BCUT2D eigenvalue weighted by Gasteiger charge is 2.23. The van der Waals surface area contributed by atoms with Gasteiger partial charge in [-0.25, -0.2) is 0 Å². The molecule has 112 valence electrons. The van der Waals surface area contributed by atoms with Gasteiger partial charge in [0.05, 0.1) is 12.3 Å². The summed E-state index contributed by atoms with van der Waals surface area (Å²) in [5.74, 6) is 1.02. The van der Waals surface area contributed by atoms with Crippen LogP contribution in [0.5, 0.6) is 5.75 Å². The van der Waals surface area contributed by atoms with Crippen LogP contribution in [-0.4, -0.2) is 43.7 Å². The van der Waals surface area contributed by atoms with Gasteiger partial charge in [0.25, 0.3) is 0 Å². The Morgan fingerprint density at radius 2 is 1.65 bits per heavy atom. The Bertz CT molecular complexity index is 396. The first-order valence-corrected chi connectivity index (χ1v) is 8.00. The molecule has 0 bridgehead atoms. The predicted molar refractivity (Wildman–Crippen MR) is 85.8 cm³/mol. The number of rotatable bonds is 6. The Labute approximate surface area is 123 Å². The topological polar surface area (TPSA) is 15.7 Å². The maximum absolute atomic E-state index is 5.75. The molecule has 1 heterocycles. The molecule has 1 aromatic rings. The number of ether oxygens (including phenoxy) is 1. The van der Waals surface area contributed by atoms with Crippen LogP contribution in [0.2, 0.25) is 0 Å². The van der Waals surface area contributed by atoms with Crippen LogP contribution in [0.4, 0.5) is 5.69 Å². The number of hydrogen-bond donors (Lipinski definition) is 0. The van der Waals surface area contributed by atoms with Crippen molar-refractivity contribution in [2.45, 2.75) is 39.7 Å². The zero-order valence-electron chi connectivity index (χ0n) is 13.1. The lowest BCUT2D eigenvalue weighted by Gasteiger charge is -2.40. The third kappa shape index (κ3) is 3.45. The number of anilines is 1. The lowest BCUT2D eigenvalue weighted by molar-refractivity contribution is 0.175. The van der Waals surface area contributed by atoms with E-state index in [2.05, 4.69) is 47.9 Å². The van der Waals surface area contributed by atoms with Crippen molar-refractivity contribution in [1.29, 1.82) is 0 Å². The molecule has 1 aliphatic heterocycles. The Morgan fingerprint density at radius 1 is 1.00 bits per heavy atom. The summed E-state index contributed by atoms with van der Waals surface area (Å²) in [6.07, 6.45) is 2.51. The van der Waals surface area contributed by atoms with Gasteiger partial charge in [0.1, 0.15) is 5.75 Å². The molecule has 1 aromatic carbocycles. The van der Waals surface area contributed by atoms with Gasteiger partial charge in [-0.2, -0.15) is 0 Å². The van der Waals surface area contributed by atoms with Crippen molar-refractivity contribution in [3.63, 3.8) is 0 Å². The van der Waals surface area contributed by atoms with Crippen molar-refractivity contribution in [3.05, 3.63) is 24.3 Å². The summed E-state index contributed by atoms with van der Waals surface area (Å²) >= 11 is 0. The fourth-order valence-corrected chi connectivity index (χ4v) is 3.13. The summed E-state index contributed by atoms with van der Waals surface area (Å²) in [4.78, 5) is 5.10. The third-order valence-corrected chi connectivity index (χ3v) is 4.28. The molecule has 1 fully saturated rings. The smallest absolute Gasteiger partial charge is 0.142 e. The van der Waals surface area contributed by atoms with E-state index >= 15 is 0 Å². The number of nitrogens with zero attached hydrogens (tertiary/aromatic N) is 2. The van der Waals surface area contributed by atoms with Crippen molar-refractivity contribution < 1.29 is 4.74 Å². The van der Waals surface area contributed by atoms with E-state index in [0.717, 1.165) is 44.6 Å². The molecule has 1 aliphatic rings. The van der Waals surface area contributed by atoms with E-state index in [1.165, 1.54) is 18.5 Å². The van der Waals surface area contributed by atoms with Crippen LogP contribution in [-0.2, 0) is 0 Å². The van der Waals surface area contributed by atoms with E-state index in [-0.39, 0.29) is 0 Å². The van der Waals surface area contributed by atoms with Crippen LogP contribution in [0.15, 0.2) is 24.3 Å². The maximum atomic E-state index is 5.75. The SMILES string of the molecule is CCOc1ccccc1N1CCN(C(CC)CC)CC1. The van der Waals surface area contributed by atoms with E-state index in [0.29, 0.717) is 0 Å². The molecule has 3 nitrogen and oxygen atoms in total. The highest BCUT2D eigenvalue weighted by molar-refractivity contribution is 5.58. The predicted octanol–water partition coefficient (Wildman–Crippen LogP) is 3.40. The minimum absolute atomic E-state index is 0.727. The Balaban J connectivity index is 2.00. The molecule has 1 saturated heterocycles. The lowest BCUT2D eigenvalue weighted by Crippen LogP contribution is -2.50. The molecule has 3 heteroatoms. The van der Waals surface area contributed by atoms with Crippen LogP contribution in [0.3, 0.4) is 0 Å². The van der Waals surface area contributed by atoms with Crippen molar-refractivity contribution in [1.82, 2.24) is 4.90 Å². The van der Waals surface area contributed by atoms with Gasteiger partial charge in [-0.05, 0) is 31.9 Å². The minimum atomic E-state index is 0.727. The summed E-state index contributed by atoms with van der Waals surface area (Å²) < 4.78 is 5.75. The molecule has 20 heavy (non-hydrogen) atoms. The second kappa shape index (κ2) is 7.53. The molecule has 0 radical (unpaired) electrons. The van der Waals surface area contributed by atoms with Crippen molar-refractivity contribution in [3.8, 4) is 5.75 Å². The van der Waals surface area contributed by atoms with Gasteiger partial charge < -0.3 is 9.64 Å². The average molecular weight is 276 g/mol. The normalized spacial score (nSPS) is 16.7. The van der Waals surface area contributed by atoms with Gasteiger partial charge in [0.15, 0.2) is 0 Å². The highest BCUT2D eigenvalue weighted by Crippen LogP contribution is 2.29. The fraction of sp³-hybridized carbons (Fsp3) is 0.647. The standard InChI is InChI=1S/C17H28N2O/c1-4-15(5-2)18-11-13-19(14-12-18)16-9-7-8-10-17(16)20-6-3/h7-10,15H,4-6,11-14H2,1-3H3. The maximum Gasteiger partial charge on any atom is 0.142 e. The number of piperazine rings is 1. The Hall–Kier alpha value is -1.22. The van der Waals surface area contributed by atoms with Crippen molar-refractivity contribution >= 4 is 5.69 Å². The number of benzene rings is 1. The quantitative estimate of drug-likeness (QED) is 0.792. The monoisotopic (exact) mass is 276 g/mol. The van der Waals surface area contributed by atoms with Gasteiger partial charge in [0, 0.05) is 32.2 Å². The molecular weight excluding hydrogens is 248 g/mol. The van der Waals surface area contributed by atoms with Gasteiger partial charge >= 0.3 is 0 Å². The average Bonchev–Trinajstić information content (AvgIpc) is 2.50. The van der Waals surface area contributed by atoms with E-state index in [1.807, 2.05) is 6.92 Å². The Kier molecular flexibility index (Phi) is 5.72. The Morgan fingerprint density at radius 3 is 2.25 bits per heavy atom. The molecule has 0 spiro atoms. The molecule has 0 atom stereocenters. The van der Waals surface area contributed by atoms with Crippen LogP contribution in [0, 0.1) is 0 Å². The van der Waals surface area contributed by atoms with Crippen LogP contribution in [0.25, 0.3) is 0 Å². The molecule has 0 saturated carbocycles. The van der Waals surface area contributed by atoms with Gasteiger partial charge in [-0.3, -0.25) is 4.90 Å². The van der Waals surface area contributed by atoms with Crippen LogP contribution < -0.4 is 9.64 Å².